The van der Waals surface area contributed by atoms with E-state index in [9.17, 15) is 9.59 Å². The Morgan fingerprint density at radius 1 is 1.23 bits per heavy atom. The first-order valence-corrected chi connectivity index (χ1v) is 7.84. The Kier molecular flexibility index (Phi) is 5.81. The van der Waals surface area contributed by atoms with E-state index < -0.39 is 6.10 Å². The van der Waals surface area contributed by atoms with Gasteiger partial charge in [0.25, 0.3) is 5.91 Å². The first-order chi connectivity index (χ1) is 10.6. The molecule has 0 radical (unpaired) electrons. The van der Waals surface area contributed by atoms with Gasteiger partial charge in [-0.05, 0) is 51.0 Å². The lowest BCUT2D eigenvalue weighted by Gasteiger charge is -2.18. The summed E-state index contributed by atoms with van der Waals surface area (Å²) in [5, 5.41) is 3.01. The SMILES string of the molecule is CCOC(=O)c1ccc(OC(C)C(=O)NC2CCCC2)cc1. The maximum atomic E-state index is 12.1. The highest BCUT2D eigenvalue weighted by Crippen LogP contribution is 2.18. The van der Waals surface area contributed by atoms with Gasteiger partial charge in [0.05, 0.1) is 12.2 Å². The summed E-state index contributed by atoms with van der Waals surface area (Å²) in [7, 11) is 0. The summed E-state index contributed by atoms with van der Waals surface area (Å²) in [6, 6.07) is 6.89. The highest BCUT2D eigenvalue weighted by atomic mass is 16.5. The molecule has 120 valence electrons. The molecular formula is C17H23NO4. The number of amides is 1. The number of rotatable bonds is 6. The molecule has 5 heteroatoms. The lowest BCUT2D eigenvalue weighted by molar-refractivity contribution is -0.127. The van der Waals surface area contributed by atoms with Crippen LogP contribution in [0, 0.1) is 0 Å². The van der Waals surface area contributed by atoms with E-state index in [-0.39, 0.29) is 17.9 Å². The fourth-order valence-corrected chi connectivity index (χ4v) is 2.53. The molecule has 1 aliphatic carbocycles. The molecule has 0 aromatic heterocycles. The van der Waals surface area contributed by atoms with E-state index in [1.54, 1.807) is 38.1 Å². The molecule has 0 heterocycles. The van der Waals surface area contributed by atoms with Crippen LogP contribution in [0.5, 0.6) is 5.75 Å². The van der Waals surface area contributed by atoms with E-state index in [1.807, 2.05) is 0 Å². The van der Waals surface area contributed by atoms with Crippen LogP contribution in [-0.2, 0) is 9.53 Å². The van der Waals surface area contributed by atoms with Crippen molar-refractivity contribution in [1.29, 1.82) is 0 Å². The molecule has 22 heavy (non-hydrogen) atoms. The fourth-order valence-electron chi connectivity index (χ4n) is 2.53. The number of hydrogen-bond acceptors (Lipinski definition) is 4. The van der Waals surface area contributed by atoms with Crippen LogP contribution < -0.4 is 10.1 Å². The monoisotopic (exact) mass is 305 g/mol. The Bertz CT molecular complexity index is 506. The van der Waals surface area contributed by atoms with Crippen molar-refractivity contribution < 1.29 is 19.1 Å². The number of nitrogens with one attached hydrogen (secondary N) is 1. The average molecular weight is 305 g/mol. The highest BCUT2D eigenvalue weighted by molar-refractivity contribution is 5.89. The van der Waals surface area contributed by atoms with Gasteiger partial charge in [-0.1, -0.05) is 12.8 Å². The second-order valence-corrected chi connectivity index (χ2v) is 5.49. The van der Waals surface area contributed by atoms with Gasteiger partial charge in [0.1, 0.15) is 5.75 Å². The van der Waals surface area contributed by atoms with Crippen LogP contribution in [0.4, 0.5) is 0 Å². The van der Waals surface area contributed by atoms with Gasteiger partial charge in [0, 0.05) is 6.04 Å². The standard InChI is InChI=1S/C17H23NO4/c1-3-21-17(20)13-8-10-15(11-9-13)22-12(2)16(19)18-14-6-4-5-7-14/h8-12,14H,3-7H2,1-2H3,(H,18,19). The first kappa shape index (κ1) is 16.3. The number of ether oxygens (including phenoxy) is 2. The maximum absolute atomic E-state index is 12.1. The molecule has 0 bridgehead atoms. The topological polar surface area (TPSA) is 64.6 Å². The molecule has 0 saturated heterocycles. The Labute approximate surface area is 131 Å². The third-order valence-corrected chi connectivity index (χ3v) is 3.75. The number of esters is 1. The summed E-state index contributed by atoms with van der Waals surface area (Å²) >= 11 is 0. The van der Waals surface area contributed by atoms with E-state index in [2.05, 4.69) is 5.32 Å². The van der Waals surface area contributed by atoms with Crippen molar-refractivity contribution in [3.63, 3.8) is 0 Å². The van der Waals surface area contributed by atoms with E-state index in [0.29, 0.717) is 17.9 Å². The quantitative estimate of drug-likeness (QED) is 0.821. The van der Waals surface area contributed by atoms with Crippen LogP contribution >= 0.6 is 0 Å². The lowest BCUT2D eigenvalue weighted by Crippen LogP contribution is -2.41. The molecule has 2 rings (SSSR count). The van der Waals surface area contributed by atoms with Crippen LogP contribution in [-0.4, -0.2) is 30.6 Å². The van der Waals surface area contributed by atoms with Gasteiger partial charge in [-0.25, -0.2) is 4.79 Å². The maximum Gasteiger partial charge on any atom is 0.338 e. The predicted octanol–water partition coefficient (Wildman–Crippen LogP) is 2.69. The minimum absolute atomic E-state index is 0.0960. The molecule has 5 nitrogen and oxygen atoms in total. The Morgan fingerprint density at radius 3 is 2.45 bits per heavy atom. The molecule has 1 N–H and O–H groups in total. The molecule has 1 aromatic carbocycles. The molecule has 1 saturated carbocycles. The summed E-state index contributed by atoms with van der Waals surface area (Å²) in [4.78, 5) is 23.6. The van der Waals surface area contributed by atoms with E-state index >= 15 is 0 Å². The third kappa shape index (κ3) is 4.48. The van der Waals surface area contributed by atoms with E-state index in [0.717, 1.165) is 12.8 Å². The summed E-state index contributed by atoms with van der Waals surface area (Å²) in [5.74, 6) is 0.101. The molecule has 0 spiro atoms. The van der Waals surface area contributed by atoms with Crippen molar-refractivity contribution in [3.8, 4) is 5.75 Å². The van der Waals surface area contributed by atoms with Crippen LogP contribution in [0.3, 0.4) is 0 Å². The second kappa shape index (κ2) is 7.82. The summed E-state index contributed by atoms with van der Waals surface area (Å²) in [6.45, 7) is 3.83. The molecule has 1 amide bonds. The average Bonchev–Trinajstić information content (AvgIpc) is 3.01. The normalized spacial score (nSPS) is 16.1. The zero-order valence-electron chi connectivity index (χ0n) is 13.1. The third-order valence-electron chi connectivity index (χ3n) is 3.75. The van der Waals surface area contributed by atoms with Gasteiger partial charge in [0.2, 0.25) is 0 Å². The van der Waals surface area contributed by atoms with Crippen LogP contribution in [0.2, 0.25) is 0 Å². The van der Waals surface area contributed by atoms with E-state index in [1.165, 1.54) is 12.8 Å². The van der Waals surface area contributed by atoms with Gasteiger partial charge in [-0.15, -0.1) is 0 Å². The Morgan fingerprint density at radius 2 is 1.86 bits per heavy atom. The van der Waals surface area contributed by atoms with Crippen molar-refractivity contribution in [3.05, 3.63) is 29.8 Å². The Balaban J connectivity index is 1.86. The number of carbonyl (C=O) groups excluding carboxylic acids is 2. The van der Waals surface area contributed by atoms with Gasteiger partial charge in [-0.2, -0.15) is 0 Å². The summed E-state index contributed by atoms with van der Waals surface area (Å²) in [6.07, 6.45) is 3.89. The summed E-state index contributed by atoms with van der Waals surface area (Å²) < 4.78 is 10.5. The first-order valence-electron chi connectivity index (χ1n) is 7.84. The Hall–Kier alpha value is -2.04. The molecule has 1 unspecified atom stereocenters. The van der Waals surface area contributed by atoms with Crippen molar-refractivity contribution in [2.24, 2.45) is 0 Å². The molecule has 1 aromatic rings. The van der Waals surface area contributed by atoms with Gasteiger partial charge < -0.3 is 14.8 Å². The minimum Gasteiger partial charge on any atom is -0.481 e. The zero-order chi connectivity index (χ0) is 15.9. The number of carbonyl (C=O) groups is 2. The van der Waals surface area contributed by atoms with Crippen molar-refractivity contribution in [1.82, 2.24) is 5.32 Å². The zero-order valence-corrected chi connectivity index (χ0v) is 13.1. The fraction of sp³-hybridized carbons (Fsp3) is 0.529. The minimum atomic E-state index is -0.561. The smallest absolute Gasteiger partial charge is 0.338 e. The largest absolute Gasteiger partial charge is 0.481 e. The van der Waals surface area contributed by atoms with Crippen LogP contribution in [0.25, 0.3) is 0 Å². The number of benzene rings is 1. The van der Waals surface area contributed by atoms with Crippen LogP contribution in [0.1, 0.15) is 49.9 Å². The molecule has 1 aliphatic rings. The highest BCUT2D eigenvalue weighted by Gasteiger charge is 2.21. The van der Waals surface area contributed by atoms with E-state index in [4.69, 9.17) is 9.47 Å². The number of hydrogen-bond donors (Lipinski definition) is 1. The van der Waals surface area contributed by atoms with Crippen LogP contribution in [0.15, 0.2) is 24.3 Å². The molecular weight excluding hydrogens is 282 g/mol. The van der Waals surface area contributed by atoms with Crippen molar-refractivity contribution in [2.45, 2.75) is 51.7 Å². The van der Waals surface area contributed by atoms with Gasteiger partial charge in [-0.3, -0.25) is 4.79 Å². The molecule has 0 aliphatic heterocycles. The van der Waals surface area contributed by atoms with Gasteiger partial charge in [0.15, 0.2) is 6.10 Å². The predicted molar refractivity (Wildman–Crippen MR) is 82.9 cm³/mol. The second-order valence-electron chi connectivity index (χ2n) is 5.49. The molecule has 1 atom stereocenters. The summed E-state index contributed by atoms with van der Waals surface area (Å²) in [5.41, 5.74) is 0.470. The van der Waals surface area contributed by atoms with Crippen molar-refractivity contribution in [2.75, 3.05) is 6.61 Å². The molecule has 1 fully saturated rings. The van der Waals surface area contributed by atoms with Gasteiger partial charge >= 0.3 is 5.97 Å². The van der Waals surface area contributed by atoms with Crippen molar-refractivity contribution >= 4 is 11.9 Å². The lowest BCUT2D eigenvalue weighted by atomic mass is 10.2.